The molecule has 0 bridgehead atoms. The molecular weight excluding hydrogens is 350 g/mol. The van der Waals surface area contributed by atoms with Gasteiger partial charge in [-0.2, -0.15) is 9.90 Å². The van der Waals surface area contributed by atoms with E-state index in [1.54, 1.807) is 25.1 Å². The predicted molar refractivity (Wildman–Crippen MR) is 96.7 cm³/mol. The summed E-state index contributed by atoms with van der Waals surface area (Å²) >= 11 is 0. The Balaban J connectivity index is 1.66. The molecule has 0 saturated carbocycles. The Kier molecular flexibility index (Phi) is 5.26. The second-order valence-electron chi connectivity index (χ2n) is 5.52. The molecule has 0 spiro atoms. The van der Waals surface area contributed by atoms with Gasteiger partial charge in [-0.15, -0.1) is 10.2 Å². The van der Waals surface area contributed by atoms with Gasteiger partial charge in [0.1, 0.15) is 6.54 Å². The average molecular weight is 365 g/mol. The minimum Gasteiger partial charge on any atom is -0.271 e. The van der Waals surface area contributed by atoms with Crippen molar-refractivity contribution in [2.45, 2.75) is 13.5 Å². The minimum absolute atomic E-state index is 0.0848. The van der Waals surface area contributed by atoms with Crippen molar-refractivity contribution in [2.24, 2.45) is 5.10 Å². The summed E-state index contributed by atoms with van der Waals surface area (Å²) in [4.78, 5) is 23.7. The molecule has 2 aromatic carbocycles. The summed E-state index contributed by atoms with van der Waals surface area (Å²) in [6.45, 7) is 1.39. The zero-order chi connectivity index (χ0) is 19.2. The van der Waals surface area contributed by atoms with Gasteiger partial charge in [0.15, 0.2) is 0 Å². The van der Waals surface area contributed by atoms with E-state index in [4.69, 9.17) is 0 Å². The third-order valence-corrected chi connectivity index (χ3v) is 3.61. The number of rotatable bonds is 6. The number of nitrogens with one attached hydrogen (secondary N) is 1. The molecule has 3 aromatic rings. The Morgan fingerprint density at radius 2 is 1.89 bits per heavy atom. The van der Waals surface area contributed by atoms with Crippen LogP contribution in [0.4, 0.5) is 5.69 Å². The first kappa shape index (κ1) is 17.9. The molecule has 10 nitrogen and oxygen atoms in total. The number of benzene rings is 2. The molecule has 0 saturated heterocycles. The van der Waals surface area contributed by atoms with E-state index in [1.807, 2.05) is 30.3 Å². The molecule has 0 aliphatic rings. The number of aromatic nitrogens is 4. The van der Waals surface area contributed by atoms with E-state index in [0.717, 1.165) is 10.4 Å². The first-order valence-corrected chi connectivity index (χ1v) is 7.95. The van der Waals surface area contributed by atoms with Crippen LogP contribution in [0.1, 0.15) is 12.5 Å². The third-order valence-electron chi connectivity index (χ3n) is 3.61. The molecule has 0 unspecified atom stereocenters. The van der Waals surface area contributed by atoms with E-state index in [2.05, 4.69) is 25.9 Å². The van der Waals surface area contributed by atoms with Crippen LogP contribution in [0.3, 0.4) is 0 Å². The molecule has 1 aromatic heterocycles. The summed E-state index contributed by atoms with van der Waals surface area (Å²) < 4.78 is 0. The fourth-order valence-corrected chi connectivity index (χ4v) is 2.32. The molecule has 0 radical (unpaired) electrons. The maximum absolute atomic E-state index is 12.0. The molecule has 10 heteroatoms. The molecule has 0 atom stereocenters. The second kappa shape index (κ2) is 7.95. The molecule has 27 heavy (non-hydrogen) atoms. The Labute approximate surface area is 153 Å². The monoisotopic (exact) mass is 365 g/mol. The highest BCUT2D eigenvalue weighted by atomic mass is 16.6. The standard InChI is InChI=1S/C17H15N7O3/c1-12(14-9-5-6-10-15(14)24(26)27)18-19-16(25)11-23-21-17(20-22-23)13-7-3-2-4-8-13/h2-10H,11H2,1H3,(H,19,25)/b18-12-. The van der Waals surface area contributed by atoms with Gasteiger partial charge in [-0.05, 0) is 18.2 Å². The largest absolute Gasteiger partial charge is 0.278 e. The number of nitro benzene ring substituents is 1. The average Bonchev–Trinajstić information content (AvgIpc) is 3.15. The van der Waals surface area contributed by atoms with Crippen molar-refractivity contribution in [3.05, 3.63) is 70.3 Å². The van der Waals surface area contributed by atoms with Gasteiger partial charge >= 0.3 is 0 Å². The first-order valence-electron chi connectivity index (χ1n) is 7.95. The highest BCUT2D eigenvalue weighted by Crippen LogP contribution is 2.18. The lowest BCUT2D eigenvalue weighted by atomic mass is 10.1. The van der Waals surface area contributed by atoms with Crippen molar-refractivity contribution in [1.82, 2.24) is 25.6 Å². The number of tetrazole rings is 1. The maximum Gasteiger partial charge on any atom is 0.278 e. The molecule has 3 rings (SSSR count). The van der Waals surface area contributed by atoms with Crippen LogP contribution in [-0.2, 0) is 11.3 Å². The van der Waals surface area contributed by atoms with Crippen LogP contribution in [0.5, 0.6) is 0 Å². The van der Waals surface area contributed by atoms with Crippen LogP contribution in [0.15, 0.2) is 59.7 Å². The van der Waals surface area contributed by atoms with Crippen molar-refractivity contribution in [3.8, 4) is 11.4 Å². The van der Waals surface area contributed by atoms with Crippen molar-refractivity contribution in [2.75, 3.05) is 0 Å². The Hall–Kier alpha value is -3.95. The first-order chi connectivity index (χ1) is 13.0. The van der Waals surface area contributed by atoms with E-state index in [9.17, 15) is 14.9 Å². The number of nitrogens with zero attached hydrogens (tertiary/aromatic N) is 6. The molecule has 0 aliphatic carbocycles. The SMILES string of the molecule is C/C(=N/NC(=O)Cn1nnc(-c2ccccc2)n1)c1ccccc1[N+](=O)[O-]. The topological polar surface area (TPSA) is 128 Å². The number of nitro groups is 1. The van der Waals surface area contributed by atoms with Gasteiger partial charge in [0.25, 0.3) is 11.6 Å². The van der Waals surface area contributed by atoms with Crippen molar-refractivity contribution < 1.29 is 9.72 Å². The number of hydrazone groups is 1. The summed E-state index contributed by atoms with van der Waals surface area (Å²) in [5.74, 6) is -0.0760. The Morgan fingerprint density at radius 3 is 2.63 bits per heavy atom. The summed E-state index contributed by atoms with van der Waals surface area (Å²) in [5.41, 5.74) is 3.68. The maximum atomic E-state index is 12.0. The van der Waals surface area contributed by atoms with Gasteiger partial charge in [-0.3, -0.25) is 14.9 Å². The molecule has 1 heterocycles. The van der Waals surface area contributed by atoms with Crippen LogP contribution in [0, 0.1) is 10.1 Å². The highest BCUT2D eigenvalue weighted by Gasteiger charge is 2.15. The quantitative estimate of drug-likeness (QED) is 0.403. The van der Waals surface area contributed by atoms with E-state index >= 15 is 0 Å². The van der Waals surface area contributed by atoms with Crippen molar-refractivity contribution in [3.63, 3.8) is 0 Å². The van der Waals surface area contributed by atoms with Gasteiger partial charge < -0.3 is 0 Å². The van der Waals surface area contributed by atoms with Crippen molar-refractivity contribution >= 4 is 17.3 Å². The number of hydrogen-bond acceptors (Lipinski definition) is 7. The smallest absolute Gasteiger partial charge is 0.271 e. The minimum atomic E-state index is -0.499. The molecule has 136 valence electrons. The fraction of sp³-hybridized carbons (Fsp3) is 0.118. The summed E-state index contributed by atoms with van der Waals surface area (Å²) in [7, 11) is 0. The zero-order valence-corrected chi connectivity index (χ0v) is 14.3. The molecule has 1 amide bonds. The lowest BCUT2D eigenvalue weighted by Crippen LogP contribution is -2.25. The Bertz CT molecular complexity index is 999. The normalized spacial score (nSPS) is 11.2. The van der Waals surface area contributed by atoms with Crippen LogP contribution in [0.2, 0.25) is 0 Å². The molecule has 0 aliphatic heterocycles. The molecular formula is C17H15N7O3. The van der Waals surface area contributed by atoms with Crippen LogP contribution in [-0.4, -0.2) is 36.7 Å². The van der Waals surface area contributed by atoms with Gasteiger partial charge in [0.2, 0.25) is 5.82 Å². The summed E-state index contributed by atoms with van der Waals surface area (Å²) in [6.07, 6.45) is 0. The second-order valence-corrected chi connectivity index (χ2v) is 5.52. The summed E-state index contributed by atoms with van der Waals surface area (Å²) in [5, 5.41) is 26.9. The Morgan fingerprint density at radius 1 is 1.19 bits per heavy atom. The van der Waals surface area contributed by atoms with E-state index in [0.29, 0.717) is 17.1 Å². The van der Waals surface area contributed by atoms with Crippen LogP contribution in [0.25, 0.3) is 11.4 Å². The molecule has 0 fully saturated rings. The van der Waals surface area contributed by atoms with E-state index in [1.165, 1.54) is 6.07 Å². The van der Waals surface area contributed by atoms with Gasteiger partial charge in [-0.25, -0.2) is 5.43 Å². The fourth-order valence-electron chi connectivity index (χ4n) is 2.32. The van der Waals surface area contributed by atoms with Gasteiger partial charge in [-0.1, -0.05) is 42.5 Å². The van der Waals surface area contributed by atoms with E-state index < -0.39 is 10.8 Å². The number of hydrogen-bond donors (Lipinski definition) is 1. The lowest BCUT2D eigenvalue weighted by molar-refractivity contribution is -0.385. The number of carbonyl (C=O) groups is 1. The number of para-hydroxylation sites is 1. The predicted octanol–water partition coefficient (Wildman–Crippen LogP) is 1.79. The number of carbonyl (C=O) groups excluding carboxylic acids is 1. The highest BCUT2D eigenvalue weighted by molar-refractivity contribution is 6.02. The lowest BCUT2D eigenvalue weighted by Gasteiger charge is -2.03. The summed E-state index contributed by atoms with van der Waals surface area (Å²) in [6, 6.07) is 15.4. The van der Waals surface area contributed by atoms with E-state index in [-0.39, 0.29) is 12.2 Å². The molecule has 1 N–H and O–H groups in total. The van der Waals surface area contributed by atoms with Crippen molar-refractivity contribution in [1.29, 1.82) is 0 Å². The van der Waals surface area contributed by atoms with Crippen LogP contribution < -0.4 is 5.43 Å². The number of amides is 1. The van der Waals surface area contributed by atoms with Gasteiger partial charge in [0.05, 0.1) is 16.2 Å². The third kappa shape index (κ3) is 4.37. The van der Waals surface area contributed by atoms with Gasteiger partial charge in [0, 0.05) is 11.6 Å². The van der Waals surface area contributed by atoms with Crippen LogP contribution >= 0.6 is 0 Å². The zero-order valence-electron chi connectivity index (χ0n) is 14.3.